The molecule has 3 aromatic rings. The fourth-order valence-electron chi connectivity index (χ4n) is 1.58. The predicted molar refractivity (Wildman–Crippen MR) is 70.2 cm³/mol. The van der Waals surface area contributed by atoms with E-state index >= 15 is 0 Å². The number of nitrogens with zero attached hydrogens (tertiary/aromatic N) is 3. The van der Waals surface area contributed by atoms with Crippen LogP contribution in [0, 0.1) is 0 Å². The third-order valence-electron chi connectivity index (χ3n) is 2.47. The molecule has 0 unspecified atom stereocenters. The third-order valence-corrected chi connectivity index (χ3v) is 3.47. The summed E-state index contributed by atoms with van der Waals surface area (Å²) in [5, 5.41) is 4.04. The molecule has 0 saturated heterocycles. The number of rotatable bonds is 2. The molecule has 0 saturated carbocycles. The van der Waals surface area contributed by atoms with Gasteiger partial charge in [0, 0.05) is 30.7 Å². The zero-order valence-corrected chi connectivity index (χ0v) is 10.0. The molecule has 1 aromatic carbocycles. The summed E-state index contributed by atoms with van der Waals surface area (Å²) in [6.45, 7) is 0. The largest absolute Gasteiger partial charge is 0.388 e. The molecule has 3 rings (SSSR count). The molecule has 0 radical (unpaired) electrons. The van der Waals surface area contributed by atoms with Gasteiger partial charge in [-0.1, -0.05) is 11.3 Å². The molecule has 17 heavy (non-hydrogen) atoms. The summed E-state index contributed by atoms with van der Waals surface area (Å²) in [4.78, 5) is 13.8. The van der Waals surface area contributed by atoms with Crippen molar-refractivity contribution in [1.82, 2.24) is 15.0 Å². The SMILES string of the molecule is CNc1ccc(-c2nc3nccnc3s2)cc1. The molecular weight excluding hydrogens is 232 g/mol. The topological polar surface area (TPSA) is 50.7 Å². The average Bonchev–Trinajstić information content (AvgIpc) is 2.82. The molecule has 0 fully saturated rings. The number of thiazole rings is 1. The van der Waals surface area contributed by atoms with Crippen LogP contribution >= 0.6 is 11.3 Å². The van der Waals surface area contributed by atoms with Gasteiger partial charge in [0.25, 0.3) is 0 Å². The second-order valence-electron chi connectivity index (χ2n) is 3.53. The van der Waals surface area contributed by atoms with Crippen molar-refractivity contribution in [3.63, 3.8) is 0 Å². The third kappa shape index (κ3) is 1.85. The molecule has 84 valence electrons. The molecular formula is C12H10N4S. The van der Waals surface area contributed by atoms with Crippen LogP contribution in [0.25, 0.3) is 21.0 Å². The maximum atomic E-state index is 4.46. The Kier molecular flexibility index (Phi) is 2.45. The first-order valence-corrected chi connectivity index (χ1v) is 6.04. The summed E-state index contributed by atoms with van der Waals surface area (Å²) in [5.74, 6) is 0. The first-order chi connectivity index (χ1) is 8.36. The highest BCUT2D eigenvalue weighted by molar-refractivity contribution is 7.21. The molecule has 0 spiro atoms. The monoisotopic (exact) mass is 242 g/mol. The van der Waals surface area contributed by atoms with Gasteiger partial charge < -0.3 is 5.32 Å². The van der Waals surface area contributed by atoms with E-state index in [0.717, 1.165) is 21.1 Å². The molecule has 5 heteroatoms. The summed E-state index contributed by atoms with van der Waals surface area (Å²) < 4.78 is 0. The number of hydrogen-bond acceptors (Lipinski definition) is 5. The highest BCUT2D eigenvalue weighted by atomic mass is 32.1. The van der Waals surface area contributed by atoms with Crippen LogP contribution in [0.15, 0.2) is 36.7 Å². The molecule has 0 amide bonds. The lowest BCUT2D eigenvalue weighted by Crippen LogP contribution is -1.86. The van der Waals surface area contributed by atoms with Gasteiger partial charge in [-0.05, 0) is 24.3 Å². The lowest BCUT2D eigenvalue weighted by atomic mass is 10.2. The quantitative estimate of drug-likeness (QED) is 0.750. The van der Waals surface area contributed by atoms with Gasteiger partial charge in [0.05, 0.1) is 0 Å². The number of fused-ring (bicyclic) bond motifs is 1. The van der Waals surface area contributed by atoms with Crippen molar-refractivity contribution in [3.05, 3.63) is 36.7 Å². The molecule has 0 atom stereocenters. The number of aromatic nitrogens is 3. The van der Waals surface area contributed by atoms with Crippen molar-refractivity contribution < 1.29 is 0 Å². The van der Waals surface area contributed by atoms with E-state index in [0.29, 0.717) is 5.65 Å². The maximum Gasteiger partial charge on any atom is 0.190 e. The molecule has 0 aliphatic rings. The van der Waals surface area contributed by atoms with Crippen LogP contribution in [0.5, 0.6) is 0 Å². The van der Waals surface area contributed by atoms with Gasteiger partial charge in [-0.15, -0.1) is 0 Å². The van der Waals surface area contributed by atoms with Crippen LogP contribution in [0.3, 0.4) is 0 Å². The maximum absolute atomic E-state index is 4.46. The van der Waals surface area contributed by atoms with Crippen molar-refractivity contribution in [2.45, 2.75) is 0 Å². The standard InChI is InChI=1S/C12H10N4S/c1-13-9-4-2-8(3-5-9)11-16-10-12(17-11)15-7-6-14-10/h2-7,13H,1H3. The Hall–Kier alpha value is -2.01. The smallest absolute Gasteiger partial charge is 0.190 e. The first kappa shape index (κ1) is 10.2. The van der Waals surface area contributed by atoms with Crippen molar-refractivity contribution in [1.29, 1.82) is 0 Å². The summed E-state index contributed by atoms with van der Waals surface area (Å²) >= 11 is 1.56. The van der Waals surface area contributed by atoms with Gasteiger partial charge in [-0.3, -0.25) is 0 Å². The molecule has 4 nitrogen and oxygen atoms in total. The van der Waals surface area contributed by atoms with Gasteiger partial charge in [-0.25, -0.2) is 15.0 Å². The van der Waals surface area contributed by atoms with Crippen molar-refractivity contribution in [3.8, 4) is 10.6 Å². The minimum absolute atomic E-state index is 0.713. The van der Waals surface area contributed by atoms with Gasteiger partial charge >= 0.3 is 0 Å². The van der Waals surface area contributed by atoms with E-state index in [1.807, 2.05) is 31.3 Å². The summed E-state index contributed by atoms with van der Waals surface area (Å²) in [6, 6.07) is 8.15. The number of anilines is 1. The molecule has 0 bridgehead atoms. The first-order valence-electron chi connectivity index (χ1n) is 5.22. The Morgan fingerprint density at radius 2 is 1.82 bits per heavy atom. The van der Waals surface area contributed by atoms with Crippen LogP contribution in [0.1, 0.15) is 0 Å². The minimum atomic E-state index is 0.713. The number of hydrogen-bond donors (Lipinski definition) is 1. The van der Waals surface area contributed by atoms with E-state index in [-0.39, 0.29) is 0 Å². The van der Waals surface area contributed by atoms with Crippen molar-refractivity contribution in [2.75, 3.05) is 12.4 Å². The predicted octanol–water partition coefficient (Wildman–Crippen LogP) is 2.80. The van der Waals surface area contributed by atoms with E-state index in [1.54, 1.807) is 23.7 Å². The van der Waals surface area contributed by atoms with Crippen LogP contribution in [-0.2, 0) is 0 Å². The lowest BCUT2D eigenvalue weighted by Gasteiger charge is -2.00. The fourth-order valence-corrected chi connectivity index (χ4v) is 2.45. The Balaban J connectivity index is 2.07. The summed E-state index contributed by atoms with van der Waals surface area (Å²) in [6.07, 6.45) is 3.35. The van der Waals surface area contributed by atoms with E-state index in [2.05, 4.69) is 20.3 Å². The molecule has 2 aromatic heterocycles. The van der Waals surface area contributed by atoms with Gasteiger partial charge in [0.2, 0.25) is 0 Å². The normalized spacial score (nSPS) is 10.6. The van der Waals surface area contributed by atoms with Gasteiger partial charge in [0.1, 0.15) is 5.01 Å². The molecule has 1 N–H and O–H groups in total. The zero-order valence-electron chi connectivity index (χ0n) is 9.21. The second-order valence-corrected chi connectivity index (χ2v) is 4.51. The van der Waals surface area contributed by atoms with Crippen molar-refractivity contribution in [2.24, 2.45) is 0 Å². The van der Waals surface area contributed by atoms with Crippen LogP contribution in [0.4, 0.5) is 5.69 Å². The van der Waals surface area contributed by atoms with Crippen LogP contribution in [-0.4, -0.2) is 22.0 Å². The molecule has 2 heterocycles. The van der Waals surface area contributed by atoms with Crippen LogP contribution in [0.2, 0.25) is 0 Å². The van der Waals surface area contributed by atoms with Crippen LogP contribution < -0.4 is 5.32 Å². The molecule has 0 aliphatic carbocycles. The molecule has 0 aliphatic heterocycles. The van der Waals surface area contributed by atoms with E-state index in [4.69, 9.17) is 0 Å². The van der Waals surface area contributed by atoms with E-state index in [1.165, 1.54) is 0 Å². The summed E-state index contributed by atoms with van der Waals surface area (Å²) in [7, 11) is 1.90. The van der Waals surface area contributed by atoms with E-state index in [9.17, 15) is 0 Å². The van der Waals surface area contributed by atoms with Gasteiger partial charge in [-0.2, -0.15) is 0 Å². The Bertz CT molecular complexity index is 612. The highest BCUT2D eigenvalue weighted by Gasteiger charge is 2.07. The fraction of sp³-hybridized carbons (Fsp3) is 0.0833. The van der Waals surface area contributed by atoms with Crippen molar-refractivity contribution >= 4 is 27.5 Å². The lowest BCUT2D eigenvalue weighted by molar-refractivity contribution is 1.26. The Labute approximate surface area is 102 Å². The Morgan fingerprint density at radius 1 is 1.06 bits per heavy atom. The number of benzene rings is 1. The van der Waals surface area contributed by atoms with Gasteiger partial charge in [0.15, 0.2) is 10.5 Å². The minimum Gasteiger partial charge on any atom is -0.388 e. The highest BCUT2D eigenvalue weighted by Crippen LogP contribution is 2.28. The summed E-state index contributed by atoms with van der Waals surface area (Å²) in [5.41, 5.74) is 2.89. The average molecular weight is 242 g/mol. The zero-order chi connectivity index (χ0) is 11.7. The Morgan fingerprint density at radius 3 is 2.53 bits per heavy atom. The number of nitrogens with one attached hydrogen (secondary N) is 1. The van der Waals surface area contributed by atoms with E-state index < -0.39 is 0 Å². The second kappa shape index (κ2) is 4.10.